The molecule has 0 aliphatic heterocycles. The molecule has 2 aromatic rings. The van der Waals surface area contributed by atoms with E-state index >= 15 is 0 Å². The number of carbonyl (C=O) groups excluding carboxylic acids is 1. The van der Waals surface area contributed by atoms with E-state index in [0.29, 0.717) is 10.0 Å². The van der Waals surface area contributed by atoms with Gasteiger partial charge in [-0.3, -0.25) is 14.7 Å². The van der Waals surface area contributed by atoms with E-state index in [1.54, 1.807) is 26.1 Å². The van der Waals surface area contributed by atoms with Gasteiger partial charge in [-0.05, 0) is 42.9 Å². The number of ether oxygens (including phenoxy) is 1. The molecule has 0 radical (unpaired) electrons. The molecule has 0 amide bonds. The van der Waals surface area contributed by atoms with Crippen molar-refractivity contribution >= 4 is 33.8 Å². The minimum atomic E-state index is -0.409. The van der Waals surface area contributed by atoms with Gasteiger partial charge in [-0.15, -0.1) is 0 Å². The van der Waals surface area contributed by atoms with Gasteiger partial charge in [-0.1, -0.05) is 55.8 Å². The second-order valence-electron chi connectivity index (χ2n) is 6.81. The normalized spacial score (nSPS) is 11.5. The summed E-state index contributed by atoms with van der Waals surface area (Å²) in [4.78, 5) is 18.8. The monoisotopic (exact) mass is 446 g/mol. The van der Waals surface area contributed by atoms with Crippen LogP contribution >= 0.6 is 15.9 Å². The Morgan fingerprint density at radius 3 is 2.43 bits per heavy atom. The highest BCUT2D eigenvalue weighted by molar-refractivity contribution is 9.10. The van der Waals surface area contributed by atoms with E-state index in [4.69, 9.17) is 4.74 Å². The number of phenolic OH excluding ortho intramolecular Hbond substituents is 1. The molecular weight excluding hydrogens is 420 g/mol. The number of phenols is 1. The molecule has 1 N–H and O–H groups in total. The lowest BCUT2D eigenvalue weighted by molar-refractivity contribution is -0.137. The van der Waals surface area contributed by atoms with Crippen LogP contribution in [0.5, 0.6) is 11.5 Å². The number of hydrogen-bond donors (Lipinski definition) is 1. The van der Waals surface area contributed by atoms with Crippen LogP contribution in [-0.2, 0) is 11.3 Å². The Hall–Kier alpha value is -2.18. The Kier molecular flexibility index (Phi) is 8.20. The minimum absolute atomic E-state index is 0.112. The van der Waals surface area contributed by atoms with E-state index in [1.807, 2.05) is 12.1 Å². The summed E-state index contributed by atoms with van der Waals surface area (Å²) in [5.74, 6) is -0.706. The lowest BCUT2D eigenvalue weighted by Gasteiger charge is -2.17. The summed E-state index contributed by atoms with van der Waals surface area (Å²) in [5, 5.41) is 10.2. The average Bonchev–Trinajstić information content (AvgIpc) is 2.67. The first-order chi connectivity index (χ1) is 13.3. The number of aromatic hydroxyl groups is 1. The van der Waals surface area contributed by atoms with Gasteiger partial charge in [-0.2, -0.15) is 0 Å². The molecule has 0 aromatic heterocycles. The molecule has 2 rings (SSSR count). The molecule has 150 valence electrons. The van der Waals surface area contributed by atoms with Gasteiger partial charge in [0.15, 0.2) is 11.5 Å². The smallest absolute Gasteiger partial charge is 0.313 e. The van der Waals surface area contributed by atoms with Gasteiger partial charge in [0, 0.05) is 22.8 Å². The van der Waals surface area contributed by atoms with Crippen LogP contribution in [0.1, 0.15) is 38.8 Å². The molecule has 0 unspecified atom stereocenters. The fourth-order valence-electron chi connectivity index (χ4n) is 2.56. The molecule has 0 saturated heterocycles. The highest BCUT2D eigenvalue weighted by Crippen LogP contribution is 2.34. The number of rotatable bonds is 8. The highest BCUT2D eigenvalue weighted by atomic mass is 79.9. The first kappa shape index (κ1) is 22.1. The van der Waals surface area contributed by atoms with E-state index in [0.717, 1.165) is 25.3 Å². The quantitative estimate of drug-likeness (QED) is 0.339. The van der Waals surface area contributed by atoms with Crippen molar-refractivity contribution < 1.29 is 14.6 Å². The summed E-state index contributed by atoms with van der Waals surface area (Å²) < 4.78 is 6.03. The van der Waals surface area contributed by atoms with Gasteiger partial charge >= 0.3 is 5.97 Å². The van der Waals surface area contributed by atoms with Gasteiger partial charge in [0.1, 0.15) is 0 Å². The Morgan fingerprint density at radius 1 is 1.21 bits per heavy atom. The van der Waals surface area contributed by atoms with Crippen LogP contribution in [-0.4, -0.2) is 35.3 Å². The second-order valence-corrected chi connectivity index (χ2v) is 7.72. The Bertz CT molecular complexity index is 828. The Labute approximate surface area is 175 Å². The zero-order valence-corrected chi connectivity index (χ0v) is 18.4. The Balaban J connectivity index is 2.22. The number of halogens is 1. The number of nitrogens with zero attached hydrogens (tertiary/aromatic N) is 2. The van der Waals surface area contributed by atoms with Crippen LogP contribution in [0.25, 0.3) is 0 Å². The third-order valence-corrected chi connectivity index (χ3v) is 4.78. The average molecular weight is 447 g/mol. The van der Waals surface area contributed by atoms with Gasteiger partial charge < -0.3 is 9.84 Å². The molecule has 0 heterocycles. The SMILES string of the molecule is CCN(CC)Cc1ccc(N=Cc2cc(Br)cc(O)c2OC(=O)C(C)C)cc1. The third kappa shape index (κ3) is 6.17. The van der Waals surface area contributed by atoms with Crippen molar-refractivity contribution in [2.24, 2.45) is 10.9 Å². The van der Waals surface area contributed by atoms with E-state index in [2.05, 4.69) is 51.8 Å². The van der Waals surface area contributed by atoms with Gasteiger partial charge in [0.05, 0.1) is 11.6 Å². The summed E-state index contributed by atoms with van der Waals surface area (Å²) in [5.41, 5.74) is 2.53. The predicted octanol–water partition coefficient (Wildman–Crippen LogP) is 5.31. The number of aliphatic imine (C=N–C) groups is 1. The zero-order chi connectivity index (χ0) is 20.7. The maximum Gasteiger partial charge on any atom is 0.313 e. The van der Waals surface area contributed by atoms with Crippen LogP contribution in [0, 0.1) is 5.92 Å². The first-order valence-corrected chi connectivity index (χ1v) is 10.2. The summed E-state index contributed by atoms with van der Waals surface area (Å²) in [7, 11) is 0. The maximum atomic E-state index is 12.0. The highest BCUT2D eigenvalue weighted by Gasteiger charge is 2.16. The molecule has 0 aliphatic carbocycles. The molecule has 0 spiro atoms. The summed E-state index contributed by atoms with van der Waals surface area (Å²) in [6, 6.07) is 11.3. The summed E-state index contributed by atoms with van der Waals surface area (Å²) in [6.07, 6.45) is 1.59. The molecule has 0 atom stereocenters. The predicted molar refractivity (Wildman–Crippen MR) is 117 cm³/mol. The zero-order valence-electron chi connectivity index (χ0n) is 16.8. The molecule has 0 fully saturated rings. The molecule has 2 aromatic carbocycles. The number of benzene rings is 2. The van der Waals surface area contributed by atoms with E-state index in [-0.39, 0.29) is 17.4 Å². The Morgan fingerprint density at radius 2 is 1.86 bits per heavy atom. The molecule has 0 aliphatic rings. The molecule has 0 saturated carbocycles. The number of hydrogen-bond acceptors (Lipinski definition) is 5. The molecule has 0 bridgehead atoms. The standard InChI is InChI=1S/C22H27BrN2O3/c1-5-25(6-2)14-16-7-9-19(10-8-16)24-13-17-11-18(23)12-20(26)21(17)28-22(27)15(3)4/h7-13,15,26H,5-6,14H2,1-4H3. The van der Waals surface area contributed by atoms with Gasteiger partial charge in [0.2, 0.25) is 0 Å². The fraction of sp³-hybridized carbons (Fsp3) is 0.364. The van der Waals surface area contributed by atoms with Gasteiger partial charge in [-0.25, -0.2) is 0 Å². The van der Waals surface area contributed by atoms with Crippen molar-refractivity contribution in [1.29, 1.82) is 0 Å². The third-order valence-electron chi connectivity index (χ3n) is 4.33. The van der Waals surface area contributed by atoms with Crippen molar-refractivity contribution in [2.45, 2.75) is 34.2 Å². The summed E-state index contributed by atoms with van der Waals surface area (Å²) in [6.45, 7) is 10.7. The number of carbonyl (C=O) groups is 1. The van der Waals surface area contributed by atoms with E-state index < -0.39 is 5.97 Å². The largest absolute Gasteiger partial charge is 0.504 e. The first-order valence-electron chi connectivity index (χ1n) is 9.43. The van der Waals surface area contributed by atoms with E-state index in [1.165, 1.54) is 11.6 Å². The number of esters is 1. The topological polar surface area (TPSA) is 62.1 Å². The van der Waals surface area contributed by atoms with Crippen LogP contribution in [0.4, 0.5) is 5.69 Å². The van der Waals surface area contributed by atoms with Crippen LogP contribution < -0.4 is 4.74 Å². The molecule has 28 heavy (non-hydrogen) atoms. The molecular formula is C22H27BrN2O3. The van der Waals surface area contributed by atoms with Crippen LogP contribution in [0.3, 0.4) is 0 Å². The molecule has 5 nitrogen and oxygen atoms in total. The van der Waals surface area contributed by atoms with Crippen molar-refractivity contribution in [3.05, 3.63) is 52.0 Å². The van der Waals surface area contributed by atoms with Crippen molar-refractivity contribution in [2.75, 3.05) is 13.1 Å². The van der Waals surface area contributed by atoms with E-state index in [9.17, 15) is 9.90 Å². The lowest BCUT2D eigenvalue weighted by Crippen LogP contribution is -2.21. The second kappa shape index (κ2) is 10.4. The maximum absolute atomic E-state index is 12.0. The van der Waals surface area contributed by atoms with Crippen molar-refractivity contribution in [3.63, 3.8) is 0 Å². The van der Waals surface area contributed by atoms with Crippen molar-refractivity contribution in [3.8, 4) is 11.5 Å². The van der Waals surface area contributed by atoms with Gasteiger partial charge in [0.25, 0.3) is 0 Å². The minimum Gasteiger partial charge on any atom is -0.504 e. The van der Waals surface area contributed by atoms with Crippen LogP contribution in [0.2, 0.25) is 0 Å². The van der Waals surface area contributed by atoms with Crippen LogP contribution in [0.15, 0.2) is 45.9 Å². The molecule has 6 heteroatoms. The fourth-order valence-corrected chi connectivity index (χ4v) is 3.03. The lowest BCUT2D eigenvalue weighted by atomic mass is 10.1. The summed E-state index contributed by atoms with van der Waals surface area (Å²) >= 11 is 3.35. The van der Waals surface area contributed by atoms with Crippen molar-refractivity contribution in [1.82, 2.24) is 4.90 Å².